The van der Waals surface area contributed by atoms with E-state index in [4.69, 9.17) is 11.6 Å². The highest BCUT2D eigenvalue weighted by atomic mass is 35.5. The van der Waals surface area contributed by atoms with Crippen molar-refractivity contribution >= 4 is 35.1 Å². The summed E-state index contributed by atoms with van der Waals surface area (Å²) in [5.74, 6) is 1.49. The Balaban J connectivity index is 1.29. The average molecular weight is 524 g/mol. The molecule has 6 nitrogen and oxygen atoms in total. The van der Waals surface area contributed by atoms with Gasteiger partial charge in [-0.25, -0.2) is 9.97 Å². The number of carbonyl (C=O) groups excluding carboxylic acids is 1. The lowest BCUT2D eigenvalue weighted by Crippen LogP contribution is -2.44. The molecule has 0 radical (unpaired) electrons. The molecule has 0 unspecified atom stereocenters. The lowest BCUT2D eigenvalue weighted by atomic mass is 10.0. The maximum absolute atomic E-state index is 13.0. The van der Waals surface area contributed by atoms with E-state index >= 15 is 0 Å². The van der Waals surface area contributed by atoms with Crippen LogP contribution in [0.1, 0.15) is 48.2 Å². The molecule has 1 aliphatic rings. The first kappa shape index (κ1) is 26.5. The first-order chi connectivity index (χ1) is 17.5. The molecular weight excluding hydrogens is 490 g/mol. The van der Waals surface area contributed by atoms with Gasteiger partial charge in [-0.1, -0.05) is 65.8 Å². The van der Waals surface area contributed by atoms with Gasteiger partial charge in [0.1, 0.15) is 11.0 Å². The molecule has 8 heteroatoms. The number of carbonyl (C=O) groups is 1. The van der Waals surface area contributed by atoms with Gasteiger partial charge in [-0.2, -0.15) is 0 Å². The Hall–Kier alpha value is -2.61. The zero-order valence-corrected chi connectivity index (χ0v) is 22.6. The van der Waals surface area contributed by atoms with Crippen LogP contribution in [0.25, 0.3) is 0 Å². The summed E-state index contributed by atoms with van der Waals surface area (Å²) in [4.78, 5) is 26.6. The molecule has 190 valence electrons. The summed E-state index contributed by atoms with van der Waals surface area (Å²) < 4.78 is 0. The summed E-state index contributed by atoms with van der Waals surface area (Å²) in [5, 5.41) is 4.32. The smallest absolute Gasteiger partial charge is 0.251 e. The van der Waals surface area contributed by atoms with E-state index in [0.717, 1.165) is 56.9 Å². The lowest BCUT2D eigenvalue weighted by Gasteiger charge is -2.32. The normalized spacial score (nSPS) is 14.5. The monoisotopic (exact) mass is 523 g/mol. The van der Waals surface area contributed by atoms with Crippen molar-refractivity contribution in [1.29, 1.82) is 0 Å². The third-order valence-electron chi connectivity index (χ3n) is 6.48. The van der Waals surface area contributed by atoms with Crippen molar-refractivity contribution in [2.75, 3.05) is 31.1 Å². The zero-order chi connectivity index (χ0) is 25.3. The number of hydrogen-bond donors (Lipinski definition) is 1. The summed E-state index contributed by atoms with van der Waals surface area (Å²) in [6.45, 7) is 8.85. The number of hydrogen-bond acceptors (Lipinski definition) is 6. The molecule has 0 spiro atoms. The maximum atomic E-state index is 13.0. The van der Waals surface area contributed by atoms with E-state index in [1.165, 1.54) is 17.3 Å². The van der Waals surface area contributed by atoms with Gasteiger partial charge in [0.25, 0.3) is 5.91 Å². The SMILES string of the molecule is CCN(CC)c1cc(Cl)nc(SCc2cccc(C(=O)NC3CCN(Cc4ccccc4)CC3)c2)n1. The summed E-state index contributed by atoms with van der Waals surface area (Å²) in [5.41, 5.74) is 3.08. The van der Waals surface area contributed by atoms with Crippen LogP contribution in [0.5, 0.6) is 0 Å². The predicted molar refractivity (Wildman–Crippen MR) is 149 cm³/mol. The van der Waals surface area contributed by atoms with Gasteiger partial charge >= 0.3 is 0 Å². The number of amides is 1. The molecule has 4 rings (SSSR count). The number of piperidine rings is 1. The van der Waals surface area contributed by atoms with Crippen LogP contribution in [0.4, 0.5) is 5.82 Å². The van der Waals surface area contributed by atoms with Gasteiger partial charge in [0, 0.05) is 56.1 Å². The Morgan fingerprint density at radius 1 is 1.03 bits per heavy atom. The number of thioether (sulfide) groups is 1. The van der Waals surface area contributed by atoms with Gasteiger partial charge in [-0.05, 0) is 49.9 Å². The standard InChI is InChI=1S/C28H34ClN5OS/c1-3-34(4-2)26-18-25(29)31-28(32-26)36-20-22-11-8-12-23(17-22)27(35)30-24-13-15-33(16-14-24)19-21-9-6-5-7-10-21/h5-12,17-18,24H,3-4,13-16,19-20H2,1-2H3,(H,30,35). The quantitative estimate of drug-likeness (QED) is 0.210. The van der Waals surface area contributed by atoms with E-state index in [1.54, 1.807) is 6.07 Å². The molecule has 1 saturated heterocycles. The first-order valence-electron chi connectivity index (χ1n) is 12.6. The second-order valence-corrected chi connectivity index (χ2v) is 10.3. The van der Waals surface area contributed by atoms with Crippen LogP contribution in [-0.2, 0) is 12.3 Å². The number of rotatable bonds is 10. The largest absolute Gasteiger partial charge is 0.357 e. The molecule has 1 fully saturated rings. The third-order valence-corrected chi connectivity index (χ3v) is 7.59. The van der Waals surface area contributed by atoms with Crippen LogP contribution >= 0.6 is 23.4 Å². The topological polar surface area (TPSA) is 61.4 Å². The van der Waals surface area contributed by atoms with Crippen molar-refractivity contribution in [2.24, 2.45) is 0 Å². The molecule has 3 aromatic rings. The van der Waals surface area contributed by atoms with Gasteiger partial charge in [-0.15, -0.1) is 0 Å². The molecule has 1 aliphatic heterocycles. The number of nitrogens with one attached hydrogen (secondary N) is 1. The maximum Gasteiger partial charge on any atom is 0.251 e. The summed E-state index contributed by atoms with van der Waals surface area (Å²) in [6, 6.07) is 20.4. The van der Waals surface area contributed by atoms with E-state index < -0.39 is 0 Å². The fourth-order valence-electron chi connectivity index (χ4n) is 4.46. The highest BCUT2D eigenvalue weighted by Crippen LogP contribution is 2.25. The number of nitrogens with zero attached hydrogens (tertiary/aromatic N) is 4. The van der Waals surface area contributed by atoms with Crippen molar-refractivity contribution in [3.63, 3.8) is 0 Å². The van der Waals surface area contributed by atoms with Crippen LogP contribution in [0.2, 0.25) is 5.15 Å². The molecular formula is C28H34ClN5OS. The molecule has 0 saturated carbocycles. The number of anilines is 1. The molecule has 1 amide bonds. The molecule has 0 atom stereocenters. The van der Waals surface area contributed by atoms with Crippen molar-refractivity contribution in [2.45, 2.75) is 50.2 Å². The molecule has 36 heavy (non-hydrogen) atoms. The Bertz CT molecular complexity index is 1130. The van der Waals surface area contributed by atoms with Crippen molar-refractivity contribution in [3.05, 3.63) is 82.5 Å². The predicted octanol–water partition coefficient (Wildman–Crippen LogP) is 5.66. The van der Waals surface area contributed by atoms with E-state index in [-0.39, 0.29) is 11.9 Å². The van der Waals surface area contributed by atoms with Crippen LogP contribution in [-0.4, -0.2) is 53.0 Å². The average Bonchev–Trinajstić information content (AvgIpc) is 2.90. The van der Waals surface area contributed by atoms with Crippen LogP contribution < -0.4 is 10.2 Å². The molecule has 1 aromatic heterocycles. The minimum absolute atomic E-state index is 0.00816. The van der Waals surface area contributed by atoms with E-state index in [2.05, 4.69) is 63.2 Å². The van der Waals surface area contributed by atoms with Gasteiger partial charge in [0.05, 0.1) is 0 Å². The number of likely N-dealkylation sites (tertiary alicyclic amines) is 1. The molecule has 2 heterocycles. The fraction of sp³-hybridized carbons (Fsp3) is 0.393. The summed E-state index contributed by atoms with van der Waals surface area (Å²) in [7, 11) is 0. The number of benzene rings is 2. The second-order valence-electron chi connectivity index (χ2n) is 9.00. The van der Waals surface area contributed by atoms with Gasteiger partial charge < -0.3 is 10.2 Å². The van der Waals surface area contributed by atoms with E-state index in [0.29, 0.717) is 21.6 Å². The zero-order valence-electron chi connectivity index (χ0n) is 21.0. The number of halogens is 1. The fourth-order valence-corrected chi connectivity index (χ4v) is 5.48. The van der Waals surface area contributed by atoms with E-state index in [1.807, 2.05) is 30.3 Å². The highest BCUT2D eigenvalue weighted by Gasteiger charge is 2.21. The Morgan fingerprint density at radius 2 is 1.75 bits per heavy atom. The minimum atomic E-state index is -0.00816. The summed E-state index contributed by atoms with van der Waals surface area (Å²) in [6.07, 6.45) is 1.93. The molecule has 0 bridgehead atoms. The summed E-state index contributed by atoms with van der Waals surface area (Å²) >= 11 is 7.78. The minimum Gasteiger partial charge on any atom is -0.357 e. The Kier molecular flexibility index (Phi) is 9.61. The molecule has 2 aromatic carbocycles. The molecule has 1 N–H and O–H groups in total. The van der Waals surface area contributed by atoms with Crippen molar-refractivity contribution < 1.29 is 4.79 Å². The van der Waals surface area contributed by atoms with Crippen LogP contribution in [0, 0.1) is 0 Å². The second kappa shape index (κ2) is 13.1. The van der Waals surface area contributed by atoms with Crippen LogP contribution in [0.3, 0.4) is 0 Å². The van der Waals surface area contributed by atoms with Crippen LogP contribution in [0.15, 0.2) is 65.8 Å². The number of aromatic nitrogens is 2. The van der Waals surface area contributed by atoms with E-state index in [9.17, 15) is 4.79 Å². The third kappa shape index (κ3) is 7.45. The van der Waals surface area contributed by atoms with Crippen molar-refractivity contribution in [1.82, 2.24) is 20.2 Å². The van der Waals surface area contributed by atoms with Gasteiger partial charge in [-0.3, -0.25) is 9.69 Å². The van der Waals surface area contributed by atoms with Gasteiger partial charge in [0.15, 0.2) is 5.16 Å². The molecule has 0 aliphatic carbocycles. The van der Waals surface area contributed by atoms with Gasteiger partial charge in [0.2, 0.25) is 0 Å². The first-order valence-corrected chi connectivity index (χ1v) is 14.0. The lowest BCUT2D eigenvalue weighted by molar-refractivity contribution is 0.0909. The van der Waals surface area contributed by atoms with Crippen molar-refractivity contribution in [3.8, 4) is 0 Å². The Labute approximate surface area is 223 Å². The highest BCUT2D eigenvalue weighted by molar-refractivity contribution is 7.98. The Morgan fingerprint density at radius 3 is 2.47 bits per heavy atom.